The molecule has 2 heterocycles. The van der Waals surface area contributed by atoms with Crippen molar-refractivity contribution in [3.05, 3.63) is 36.2 Å². The van der Waals surface area contributed by atoms with Crippen LogP contribution < -0.4 is 0 Å². The number of hydrogen-bond acceptors (Lipinski definition) is 2. The zero-order chi connectivity index (χ0) is 12.5. The molecule has 0 amide bonds. The maximum absolute atomic E-state index is 10.9. The summed E-state index contributed by atoms with van der Waals surface area (Å²) in [5.74, 6) is -0.885. The van der Waals surface area contributed by atoms with Crippen molar-refractivity contribution in [3.63, 3.8) is 0 Å². The third-order valence-corrected chi connectivity index (χ3v) is 3.38. The number of benzene rings is 1. The van der Waals surface area contributed by atoms with Crippen molar-refractivity contribution in [3.8, 4) is 0 Å². The highest BCUT2D eigenvalue weighted by Crippen LogP contribution is 2.20. The van der Waals surface area contributed by atoms with Crippen LogP contribution in [0.2, 0.25) is 0 Å². The van der Waals surface area contributed by atoms with Crippen LogP contribution in [0.4, 0.5) is 0 Å². The van der Waals surface area contributed by atoms with Crippen molar-refractivity contribution in [2.45, 2.75) is 25.5 Å². The molecule has 0 aliphatic carbocycles. The van der Waals surface area contributed by atoms with Crippen molar-refractivity contribution < 1.29 is 14.6 Å². The molecule has 0 saturated carbocycles. The van der Waals surface area contributed by atoms with E-state index in [9.17, 15) is 4.79 Å². The highest BCUT2D eigenvalue weighted by molar-refractivity contribution is 5.94. The highest BCUT2D eigenvalue weighted by atomic mass is 16.5. The Balaban J connectivity index is 1.87. The van der Waals surface area contributed by atoms with Gasteiger partial charge in [-0.25, -0.2) is 4.79 Å². The van der Waals surface area contributed by atoms with E-state index in [2.05, 4.69) is 4.57 Å². The summed E-state index contributed by atoms with van der Waals surface area (Å²) in [5, 5.41) is 11.0. The Morgan fingerprint density at radius 2 is 2.22 bits per heavy atom. The van der Waals surface area contributed by atoms with Gasteiger partial charge in [0.1, 0.15) is 0 Å². The minimum absolute atomic E-state index is 0.297. The molecule has 0 radical (unpaired) electrons. The Bertz CT molecular complexity index is 582. The summed E-state index contributed by atoms with van der Waals surface area (Å²) in [7, 11) is 0. The predicted octanol–water partition coefficient (Wildman–Crippen LogP) is 2.52. The second-order valence-electron chi connectivity index (χ2n) is 4.74. The fourth-order valence-electron chi connectivity index (χ4n) is 2.46. The van der Waals surface area contributed by atoms with Crippen LogP contribution in [0.1, 0.15) is 23.2 Å². The number of carbonyl (C=O) groups is 1. The van der Waals surface area contributed by atoms with Crippen molar-refractivity contribution in [1.29, 1.82) is 0 Å². The predicted molar refractivity (Wildman–Crippen MR) is 67.9 cm³/mol. The molecule has 18 heavy (non-hydrogen) atoms. The van der Waals surface area contributed by atoms with E-state index in [1.807, 2.05) is 18.5 Å². The zero-order valence-corrected chi connectivity index (χ0v) is 10.0. The molecule has 0 spiro atoms. The number of aromatic nitrogens is 1. The largest absolute Gasteiger partial charge is 0.478 e. The Labute approximate surface area is 105 Å². The summed E-state index contributed by atoms with van der Waals surface area (Å²) in [6.45, 7) is 1.70. The lowest BCUT2D eigenvalue weighted by atomic mass is 10.1. The number of fused-ring (bicyclic) bond motifs is 1. The van der Waals surface area contributed by atoms with E-state index >= 15 is 0 Å². The topological polar surface area (TPSA) is 51.5 Å². The monoisotopic (exact) mass is 245 g/mol. The van der Waals surface area contributed by atoms with Crippen LogP contribution in [0, 0.1) is 0 Å². The number of aromatic carboxylic acids is 1. The van der Waals surface area contributed by atoms with Crippen LogP contribution in [0.5, 0.6) is 0 Å². The Morgan fingerprint density at radius 1 is 1.39 bits per heavy atom. The first-order chi connectivity index (χ1) is 8.72. The van der Waals surface area contributed by atoms with E-state index in [1.54, 1.807) is 12.1 Å². The van der Waals surface area contributed by atoms with Gasteiger partial charge in [-0.3, -0.25) is 0 Å². The van der Waals surface area contributed by atoms with E-state index in [1.165, 1.54) is 0 Å². The summed E-state index contributed by atoms with van der Waals surface area (Å²) in [6.07, 6.45) is 6.57. The number of carboxylic acids is 1. The average Bonchev–Trinajstić information content (AvgIpc) is 2.96. The first kappa shape index (κ1) is 11.3. The SMILES string of the molecule is O=C(O)c1ccc2cn(CC3CCCO3)cc2c1. The van der Waals surface area contributed by atoms with Crippen molar-refractivity contribution in [2.75, 3.05) is 6.61 Å². The van der Waals surface area contributed by atoms with Gasteiger partial charge < -0.3 is 14.4 Å². The summed E-state index contributed by atoms with van der Waals surface area (Å²) < 4.78 is 7.69. The summed E-state index contributed by atoms with van der Waals surface area (Å²) in [4.78, 5) is 10.9. The maximum Gasteiger partial charge on any atom is 0.335 e. The fraction of sp³-hybridized carbons (Fsp3) is 0.357. The van der Waals surface area contributed by atoms with Crippen LogP contribution in [0.15, 0.2) is 30.6 Å². The lowest BCUT2D eigenvalue weighted by molar-refractivity contribution is 0.0697. The van der Waals surface area contributed by atoms with Gasteiger partial charge in [-0.15, -0.1) is 0 Å². The highest BCUT2D eigenvalue weighted by Gasteiger charge is 2.16. The van der Waals surface area contributed by atoms with Gasteiger partial charge in [0.15, 0.2) is 0 Å². The zero-order valence-electron chi connectivity index (χ0n) is 10.0. The molecule has 4 heteroatoms. The van der Waals surface area contributed by atoms with E-state index < -0.39 is 5.97 Å². The van der Waals surface area contributed by atoms with Crippen LogP contribution in [-0.2, 0) is 11.3 Å². The standard InChI is InChI=1S/C14H15NO3/c16-14(17)10-3-4-11-7-15(8-12(11)6-10)9-13-2-1-5-18-13/h3-4,6-8,13H,1-2,5,9H2,(H,16,17). The molecule has 3 rings (SSSR count). The minimum atomic E-state index is -0.885. The Kier molecular flexibility index (Phi) is 2.80. The first-order valence-corrected chi connectivity index (χ1v) is 6.17. The quantitative estimate of drug-likeness (QED) is 0.904. The first-order valence-electron chi connectivity index (χ1n) is 6.17. The summed E-state index contributed by atoms with van der Waals surface area (Å²) in [6, 6.07) is 5.20. The van der Waals surface area contributed by atoms with E-state index in [0.29, 0.717) is 11.7 Å². The molecular weight excluding hydrogens is 230 g/mol. The van der Waals surface area contributed by atoms with Crippen molar-refractivity contribution in [2.24, 2.45) is 0 Å². The molecule has 4 nitrogen and oxygen atoms in total. The number of rotatable bonds is 3. The molecule has 1 unspecified atom stereocenters. The summed E-state index contributed by atoms with van der Waals surface area (Å²) >= 11 is 0. The van der Waals surface area contributed by atoms with E-state index in [0.717, 1.165) is 36.8 Å². The normalized spacial score (nSPS) is 19.4. The lowest BCUT2D eigenvalue weighted by Gasteiger charge is -2.09. The van der Waals surface area contributed by atoms with Gasteiger partial charge in [0.2, 0.25) is 0 Å². The maximum atomic E-state index is 10.9. The molecule has 1 atom stereocenters. The molecule has 1 aromatic carbocycles. The molecule has 1 saturated heterocycles. The Morgan fingerprint density at radius 3 is 2.94 bits per heavy atom. The molecule has 1 N–H and O–H groups in total. The molecule has 0 bridgehead atoms. The van der Waals surface area contributed by atoms with Crippen molar-refractivity contribution in [1.82, 2.24) is 4.57 Å². The minimum Gasteiger partial charge on any atom is -0.478 e. The van der Waals surface area contributed by atoms with Crippen LogP contribution in [0.3, 0.4) is 0 Å². The molecule has 1 aliphatic rings. The third-order valence-electron chi connectivity index (χ3n) is 3.38. The average molecular weight is 245 g/mol. The van der Waals surface area contributed by atoms with Crippen molar-refractivity contribution >= 4 is 16.7 Å². The van der Waals surface area contributed by atoms with Gasteiger partial charge in [-0.2, -0.15) is 0 Å². The lowest BCUT2D eigenvalue weighted by Crippen LogP contribution is -2.13. The van der Waals surface area contributed by atoms with E-state index in [-0.39, 0.29) is 0 Å². The molecular formula is C14H15NO3. The molecule has 1 aromatic heterocycles. The van der Waals surface area contributed by atoms with Crippen LogP contribution in [-0.4, -0.2) is 28.4 Å². The van der Waals surface area contributed by atoms with Gasteiger partial charge in [0.05, 0.1) is 11.7 Å². The number of ether oxygens (including phenoxy) is 1. The van der Waals surface area contributed by atoms with Crippen LogP contribution in [0.25, 0.3) is 10.8 Å². The molecule has 94 valence electrons. The van der Waals surface area contributed by atoms with Gasteiger partial charge in [-0.1, -0.05) is 6.07 Å². The van der Waals surface area contributed by atoms with Gasteiger partial charge in [0, 0.05) is 30.9 Å². The van der Waals surface area contributed by atoms with Gasteiger partial charge in [-0.05, 0) is 30.4 Å². The Hall–Kier alpha value is -1.81. The second kappa shape index (κ2) is 4.46. The summed E-state index contributed by atoms with van der Waals surface area (Å²) in [5.41, 5.74) is 0.331. The smallest absolute Gasteiger partial charge is 0.335 e. The molecule has 2 aromatic rings. The van der Waals surface area contributed by atoms with Crippen LogP contribution >= 0.6 is 0 Å². The number of carboxylic acid groups (broad SMARTS) is 1. The number of nitrogens with zero attached hydrogens (tertiary/aromatic N) is 1. The van der Waals surface area contributed by atoms with Gasteiger partial charge >= 0.3 is 5.97 Å². The molecule has 1 aliphatic heterocycles. The van der Waals surface area contributed by atoms with E-state index in [4.69, 9.17) is 9.84 Å². The third kappa shape index (κ3) is 2.11. The molecule has 1 fully saturated rings. The van der Waals surface area contributed by atoms with Gasteiger partial charge in [0.25, 0.3) is 0 Å². The number of hydrogen-bond donors (Lipinski definition) is 1. The second-order valence-corrected chi connectivity index (χ2v) is 4.74. The fourth-order valence-corrected chi connectivity index (χ4v) is 2.46.